The van der Waals surface area contributed by atoms with E-state index in [0.29, 0.717) is 22.3 Å². The lowest BCUT2D eigenvalue weighted by Gasteiger charge is -2.13. The first-order chi connectivity index (χ1) is 12.4. The minimum Gasteiger partial charge on any atom is -0.340 e. The number of para-hydroxylation sites is 1. The molecule has 1 aromatic carbocycles. The van der Waals surface area contributed by atoms with Gasteiger partial charge >= 0.3 is 0 Å². The van der Waals surface area contributed by atoms with Crippen LogP contribution in [0.4, 0.5) is 10.8 Å². The van der Waals surface area contributed by atoms with Crippen LogP contribution in [0.3, 0.4) is 0 Å². The molecule has 0 fully saturated rings. The van der Waals surface area contributed by atoms with Crippen molar-refractivity contribution in [1.82, 2.24) is 15.5 Å². The fraction of sp³-hybridized carbons (Fsp3) is 0.353. The van der Waals surface area contributed by atoms with E-state index < -0.39 is 23.8 Å². The maximum Gasteiger partial charge on any atom is 0.254 e. The molecule has 9 heteroatoms. The number of benzene rings is 1. The number of fused-ring (bicyclic) bond motifs is 1. The SMILES string of the molecule is CC(C)Cc1nnc(NC(=O)CC2NC(=O)c3ccccc3NC2=O)s1. The summed E-state index contributed by atoms with van der Waals surface area (Å²) in [6, 6.07) is 5.74. The predicted octanol–water partition coefficient (Wildman–Crippen LogP) is 1.82. The van der Waals surface area contributed by atoms with Gasteiger partial charge in [0, 0.05) is 6.42 Å². The van der Waals surface area contributed by atoms with Crippen molar-refractivity contribution in [2.24, 2.45) is 5.92 Å². The molecule has 3 amide bonds. The number of anilines is 2. The number of aromatic nitrogens is 2. The molecule has 136 valence electrons. The summed E-state index contributed by atoms with van der Waals surface area (Å²) in [5, 5.41) is 17.1. The molecule has 3 rings (SSSR count). The van der Waals surface area contributed by atoms with Crippen LogP contribution in [0.2, 0.25) is 0 Å². The van der Waals surface area contributed by atoms with Crippen molar-refractivity contribution < 1.29 is 14.4 Å². The van der Waals surface area contributed by atoms with Crippen molar-refractivity contribution in [3.8, 4) is 0 Å². The molecule has 1 aromatic heterocycles. The fourth-order valence-corrected chi connectivity index (χ4v) is 3.51. The largest absolute Gasteiger partial charge is 0.340 e. The Kier molecular flexibility index (Phi) is 5.27. The number of rotatable bonds is 5. The molecule has 0 spiro atoms. The second-order valence-corrected chi connectivity index (χ2v) is 7.47. The summed E-state index contributed by atoms with van der Waals surface area (Å²) in [6.07, 6.45) is 0.595. The third-order valence-corrected chi connectivity index (χ3v) is 4.60. The summed E-state index contributed by atoms with van der Waals surface area (Å²) in [7, 11) is 0. The Hall–Kier alpha value is -2.81. The van der Waals surface area contributed by atoms with E-state index in [4.69, 9.17) is 0 Å². The average Bonchev–Trinajstić information content (AvgIpc) is 2.95. The van der Waals surface area contributed by atoms with Gasteiger partial charge in [0.15, 0.2) is 0 Å². The number of nitrogens with zero attached hydrogens (tertiary/aromatic N) is 2. The topological polar surface area (TPSA) is 113 Å². The Labute approximate surface area is 154 Å². The summed E-state index contributed by atoms with van der Waals surface area (Å²) in [5.41, 5.74) is 0.798. The molecule has 26 heavy (non-hydrogen) atoms. The van der Waals surface area contributed by atoms with E-state index >= 15 is 0 Å². The smallest absolute Gasteiger partial charge is 0.254 e. The maximum absolute atomic E-state index is 12.3. The molecule has 0 radical (unpaired) electrons. The third kappa shape index (κ3) is 4.23. The van der Waals surface area contributed by atoms with E-state index in [1.54, 1.807) is 24.3 Å². The van der Waals surface area contributed by atoms with Gasteiger partial charge < -0.3 is 16.0 Å². The normalized spacial score (nSPS) is 16.5. The van der Waals surface area contributed by atoms with Gasteiger partial charge in [-0.25, -0.2) is 0 Å². The highest BCUT2D eigenvalue weighted by Gasteiger charge is 2.29. The van der Waals surface area contributed by atoms with Crippen molar-refractivity contribution in [2.75, 3.05) is 10.6 Å². The molecule has 3 N–H and O–H groups in total. The molecule has 2 aromatic rings. The zero-order valence-electron chi connectivity index (χ0n) is 14.4. The Morgan fingerprint density at radius 3 is 2.81 bits per heavy atom. The van der Waals surface area contributed by atoms with Gasteiger partial charge in [0.05, 0.1) is 17.7 Å². The van der Waals surface area contributed by atoms with Crippen molar-refractivity contribution in [1.29, 1.82) is 0 Å². The van der Waals surface area contributed by atoms with Crippen LogP contribution in [0.15, 0.2) is 24.3 Å². The molecule has 1 atom stereocenters. The Morgan fingerprint density at radius 2 is 2.04 bits per heavy atom. The molecule has 0 saturated carbocycles. The summed E-state index contributed by atoms with van der Waals surface area (Å²) in [6.45, 7) is 4.15. The lowest BCUT2D eigenvalue weighted by atomic mass is 10.1. The second kappa shape index (κ2) is 7.61. The van der Waals surface area contributed by atoms with Gasteiger partial charge in [-0.1, -0.05) is 37.3 Å². The van der Waals surface area contributed by atoms with Crippen LogP contribution in [0.5, 0.6) is 0 Å². The average molecular weight is 373 g/mol. The van der Waals surface area contributed by atoms with E-state index in [1.807, 2.05) is 0 Å². The van der Waals surface area contributed by atoms with Gasteiger partial charge in [-0.15, -0.1) is 10.2 Å². The van der Waals surface area contributed by atoms with Crippen molar-refractivity contribution >= 4 is 39.9 Å². The molecule has 8 nitrogen and oxygen atoms in total. The van der Waals surface area contributed by atoms with E-state index in [0.717, 1.165) is 11.4 Å². The maximum atomic E-state index is 12.3. The van der Waals surface area contributed by atoms with Crippen LogP contribution in [-0.4, -0.2) is 34.0 Å². The van der Waals surface area contributed by atoms with E-state index in [1.165, 1.54) is 11.3 Å². The van der Waals surface area contributed by atoms with Crippen molar-refractivity contribution in [2.45, 2.75) is 32.7 Å². The standard InChI is InChI=1S/C17H19N5O3S/c1-9(2)7-14-21-22-17(26-14)20-13(23)8-12-16(25)18-11-6-4-3-5-10(11)15(24)19-12/h3-6,9,12H,7-8H2,1-2H3,(H,18,25)(H,19,24)(H,20,22,23). The van der Waals surface area contributed by atoms with Gasteiger partial charge in [0.25, 0.3) is 5.91 Å². The lowest BCUT2D eigenvalue weighted by molar-refractivity contribution is -0.122. The van der Waals surface area contributed by atoms with Crippen LogP contribution in [0, 0.1) is 5.92 Å². The number of carbonyl (C=O) groups is 3. The summed E-state index contributed by atoms with van der Waals surface area (Å²) >= 11 is 1.30. The van der Waals surface area contributed by atoms with Crippen LogP contribution in [-0.2, 0) is 16.0 Å². The third-order valence-electron chi connectivity index (χ3n) is 3.74. The molecule has 1 aliphatic rings. The molecule has 0 saturated heterocycles. The molecule has 0 aliphatic carbocycles. The number of carbonyl (C=O) groups excluding carboxylic acids is 3. The minimum atomic E-state index is -0.960. The number of amides is 3. The van der Waals surface area contributed by atoms with E-state index in [2.05, 4.69) is 40.0 Å². The first-order valence-corrected chi connectivity index (χ1v) is 9.07. The molecule has 2 heterocycles. The quantitative estimate of drug-likeness (QED) is 0.740. The zero-order valence-corrected chi connectivity index (χ0v) is 15.2. The van der Waals surface area contributed by atoms with Crippen LogP contribution in [0.1, 0.15) is 35.6 Å². The summed E-state index contributed by atoms with van der Waals surface area (Å²) < 4.78 is 0. The zero-order chi connectivity index (χ0) is 18.7. The minimum absolute atomic E-state index is 0.190. The van der Waals surface area contributed by atoms with Gasteiger partial charge in [0.2, 0.25) is 16.9 Å². The fourth-order valence-electron chi connectivity index (χ4n) is 2.55. The molecular weight excluding hydrogens is 354 g/mol. The molecule has 1 aliphatic heterocycles. The summed E-state index contributed by atoms with van der Waals surface area (Å²) in [4.78, 5) is 36.8. The van der Waals surface area contributed by atoms with Gasteiger partial charge in [-0.3, -0.25) is 14.4 Å². The van der Waals surface area contributed by atoms with Crippen LogP contribution >= 0.6 is 11.3 Å². The lowest BCUT2D eigenvalue weighted by Crippen LogP contribution is -2.43. The van der Waals surface area contributed by atoms with E-state index in [9.17, 15) is 14.4 Å². The number of hydrogen-bond donors (Lipinski definition) is 3. The molecular formula is C17H19N5O3S. The Bertz CT molecular complexity index is 848. The highest BCUT2D eigenvalue weighted by Crippen LogP contribution is 2.20. The highest BCUT2D eigenvalue weighted by atomic mass is 32.1. The predicted molar refractivity (Wildman–Crippen MR) is 98.0 cm³/mol. The highest BCUT2D eigenvalue weighted by molar-refractivity contribution is 7.15. The number of hydrogen-bond acceptors (Lipinski definition) is 6. The molecule has 0 bridgehead atoms. The van der Waals surface area contributed by atoms with Crippen molar-refractivity contribution in [3.05, 3.63) is 34.8 Å². The summed E-state index contributed by atoms with van der Waals surface area (Å²) in [5.74, 6) is -0.801. The van der Waals surface area contributed by atoms with Gasteiger partial charge in [0.1, 0.15) is 11.0 Å². The molecule has 1 unspecified atom stereocenters. The van der Waals surface area contributed by atoms with Crippen molar-refractivity contribution in [3.63, 3.8) is 0 Å². The Balaban J connectivity index is 1.63. The van der Waals surface area contributed by atoms with Gasteiger partial charge in [-0.05, 0) is 18.1 Å². The van der Waals surface area contributed by atoms with Crippen LogP contribution < -0.4 is 16.0 Å². The van der Waals surface area contributed by atoms with E-state index in [-0.39, 0.29) is 6.42 Å². The number of nitrogens with one attached hydrogen (secondary N) is 3. The van der Waals surface area contributed by atoms with Crippen LogP contribution in [0.25, 0.3) is 0 Å². The Morgan fingerprint density at radius 1 is 1.27 bits per heavy atom. The first kappa shape index (κ1) is 18.0. The first-order valence-electron chi connectivity index (χ1n) is 8.25. The van der Waals surface area contributed by atoms with Gasteiger partial charge in [-0.2, -0.15) is 0 Å². The second-order valence-electron chi connectivity index (χ2n) is 6.41. The monoisotopic (exact) mass is 373 g/mol.